The van der Waals surface area contributed by atoms with Crippen molar-refractivity contribution >= 4 is 11.9 Å². The lowest BCUT2D eigenvalue weighted by molar-refractivity contribution is -0.127. The van der Waals surface area contributed by atoms with Crippen LogP contribution in [0.5, 0.6) is 0 Å². The van der Waals surface area contributed by atoms with E-state index in [1.54, 1.807) is 19.0 Å². The van der Waals surface area contributed by atoms with Gasteiger partial charge in [-0.15, -0.1) is 0 Å². The first-order valence-corrected chi connectivity index (χ1v) is 10.7. The molecule has 1 saturated heterocycles. The van der Waals surface area contributed by atoms with Gasteiger partial charge in [-0.05, 0) is 18.9 Å². The summed E-state index contributed by atoms with van der Waals surface area (Å²) in [5.41, 5.74) is 1.18. The molecule has 30 heavy (non-hydrogen) atoms. The van der Waals surface area contributed by atoms with Crippen LogP contribution in [0.4, 0.5) is 0 Å². The fourth-order valence-electron chi connectivity index (χ4n) is 2.98. The molecule has 0 aliphatic carbocycles. The quantitative estimate of drug-likeness (QED) is 0.318. The van der Waals surface area contributed by atoms with Crippen molar-refractivity contribution in [1.82, 2.24) is 20.4 Å². The average molecular weight is 420 g/mol. The van der Waals surface area contributed by atoms with Gasteiger partial charge in [0, 0.05) is 53.4 Å². The number of rotatable bonds is 11. The zero-order chi connectivity index (χ0) is 21.6. The number of morpholine rings is 1. The van der Waals surface area contributed by atoms with Crippen molar-refractivity contribution in [1.29, 1.82) is 0 Å². The Kier molecular flexibility index (Phi) is 11.2. The third-order valence-electron chi connectivity index (χ3n) is 4.95. The van der Waals surface area contributed by atoms with E-state index in [9.17, 15) is 4.79 Å². The Bertz CT molecular complexity index is 633. The van der Waals surface area contributed by atoms with Crippen molar-refractivity contribution in [2.75, 3.05) is 73.2 Å². The minimum atomic E-state index is -0.0238. The van der Waals surface area contributed by atoms with Gasteiger partial charge in [-0.1, -0.05) is 30.3 Å². The highest BCUT2D eigenvalue weighted by Crippen LogP contribution is 2.15. The van der Waals surface area contributed by atoms with Crippen LogP contribution in [-0.2, 0) is 14.3 Å². The number of nitrogens with one attached hydrogen (secondary N) is 2. The number of benzene rings is 1. The van der Waals surface area contributed by atoms with E-state index in [0.717, 1.165) is 52.4 Å². The van der Waals surface area contributed by atoms with Crippen LogP contribution in [0.25, 0.3) is 0 Å². The molecule has 0 spiro atoms. The molecule has 1 unspecified atom stereocenters. The molecule has 1 amide bonds. The summed E-state index contributed by atoms with van der Waals surface area (Å²) in [6, 6.07) is 10.2. The van der Waals surface area contributed by atoms with Crippen molar-refractivity contribution in [3.05, 3.63) is 35.9 Å². The maximum absolute atomic E-state index is 11.9. The van der Waals surface area contributed by atoms with Gasteiger partial charge >= 0.3 is 0 Å². The summed E-state index contributed by atoms with van der Waals surface area (Å²) in [5, 5.41) is 6.64. The van der Waals surface area contributed by atoms with Gasteiger partial charge in [0.05, 0.1) is 19.3 Å². The third kappa shape index (κ3) is 9.56. The normalized spacial score (nSPS) is 16.2. The molecule has 0 bridgehead atoms. The van der Waals surface area contributed by atoms with Gasteiger partial charge in [-0.2, -0.15) is 0 Å². The number of hydrogen-bond acceptors (Lipinski definition) is 5. The molecule has 2 N–H and O–H groups in total. The summed E-state index contributed by atoms with van der Waals surface area (Å²) in [5.74, 6) is 0.638. The van der Waals surface area contributed by atoms with Gasteiger partial charge in [-0.25, -0.2) is 4.99 Å². The Labute approximate surface area is 180 Å². The van der Waals surface area contributed by atoms with Crippen molar-refractivity contribution in [3.63, 3.8) is 0 Å². The third-order valence-corrected chi connectivity index (χ3v) is 4.95. The Morgan fingerprint density at radius 1 is 1.20 bits per heavy atom. The number of carbonyl (C=O) groups excluding carboxylic acids is 1. The first-order chi connectivity index (χ1) is 14.6. The summed E-state index contributed by atoms with van der Waals surface area (Å²) < 4.78 is 11.3. The molecule has 168 valence electrons. The SMILES string of the molecule is CC(OCCCNC(=NCC(=O)N(C)C)NCCN1CCOCC1)c1ccccc1. The minimum Gasteiger partial charge on any atom is -0.379 e. The molecule has 8 heteroatoms. The number of likely N-dealkylation sites (N-methyl/N-ethyl adjacent to an activating group) is 1. The van der Waals surface area contributed by atoms with Gasteiger partial charge in [0.1, 0.15) is 6.54 Å². The predicted molar refractivity (Wildman–Crippen MR) is 120 cm³/mol. The van der Waals surface area contributed by atoms with Crippen molar-refractivity contribution in [2.45, 2.75) is 19.4 Å². The number of ether oxygens (including phenoxy) is 2. The van der Waals surface area contributed by atoms with Crippen LogP contribution < -0.4 is 10.6 Å². The Balaban J connectivity index is 1.71. The van der Waals surface area contributed by atoms with Crippen LogP contribution in [0.15, 0.2) is 35.3 Å². The van der Waals surface area contributed by atoms with Crippen molar-refractivity contribution < 1.29 is 14.3 Å². The van der Waals surface area contributed by atoms with Gasteiger partial charge in [0.2, 0.25) is 5.91 Å². The smallest absolute Gasteiger partial charge is 0.243 e. The molecule has 0 radical (unpaired) electrons. The second-order valence-corrected chi connectivity index (χ2v) is 7.54. The van der Waals surface area contributed by atoms with E-state index < -0.39 is 0 Å². The van der Waals surface area contributed by atoms with E-state index in [1.807, 2.05) is 18.2 Å². The zero-order valence-electron chi connectivity index (χ0n) is 18.6. The molecule has 1 aliphatic heterocycles. The highest BCUT2D eigenvalue weighted by atomic mass is 16.5. The number of amides is 1. The van der Waals surface area contributed by atoms with Gasteiger partial charge in [-0.3, -0.25) is 9.69 Å². The molecule has 1 aliphatic rings. The van der Waals surface area contributed by atoms with E-state index in [0.29, 0.717) is 12.6 Å². The Morgan fingerprint density at radius 2 is 1.90 bits per heavy atom. The molecule has 1 atom stereocenters. The predicted octanol–water partition coefficient (Wildman–Crippen LogP) is 1.11. The lowest BCUT2D eigenvalue weighted by Gasteiger charge is -2.26. The number of guanidine groups is 1. The molecule has 1 heterocycles. The van der Waals surface area contributed by atoms with Crippen LogP contribution in [0, 0.1) is 0 Å². The summed E-state index contributed by atoms with van der Waals surface area (Å²) in [6.07, 6.45) is 0.923. The standard InChI is InChI=1S/C22H37N5O3/c1-19(20-8-5-4-6-9-20)30-15-7-10-23-22(25-18-21(28)26(2)3)24-11-12-27-13-16-29-17-14-27/h4-6,8-9,19H,7,10-18H2,1-3H3,(H2,23,24,25). The molecule has 1 aromatic carbocycles. The maximum atomic E-state index is 11.9. The Hall–Kier alpha value is -2.16. The lowest BCUT2D eigenvalue weighted by Crippen LogP contribution is -2.45. The average Bonchev–Trinajstić information content (AvgIpc) is 2.77. The van der Waals surface area contributed by atoms with E-state index in [4.69, 9.17) is 9.47 Å². The van der Waals surface area contributed by atoms with E-state index >= 15 is 0 Å². The highest BCUT2D eigenvalue weighted by Gasteiger charge is 2.10. The van der Waals surface area contributed by atoms with Gasteiger partial charge in [0.25, 0.3) is 0 Å². The summed E-state index contributed by atoms with van der Waals surface area (Å²) >= 11 is 0. The summed E-state index contributed by atoms with van der Waals surface area (Å²) in [6.45, 7) is 8.75. The maximum Gasteiger partial charge on any atom is 0.243 e. The second kappa shape index (κ2) is 14.0. The minimum absolute atomic E-state index is 0.0238. The topological polar surface area (TPSA) is 78.4 Å². The van der Waals surface area contributed by atoms with Crippen LogP contribution in [0.1, 0.15) is 25.0 Å². The van der Waals surface area contributed by atoms with E-state index in [1.165, 1.54) is 5.56 Å². The highest BCUT2D eigenvalue weighted by molar-refractivity contribution is 5.84. The van der Waals surface area contributed by atoms with Crippen LogP contribution >= 0.6 is 0 Å². The fraction of sp³-hybridized carbons (Fsp3) is 0.636. The van der Waals surface area contributed by atoms with E-state index in [2.05, 4.69) is 39.6 Å². The first kappa shape index (κ1) is 24.1. The van der Waals surface area contributed by atoms with Crippen molar-refractivity contribution in [2.24, 2.45) is 4.99 Å². The van der Waals surface area contributed by atoms with Crippen LogP contribution in [-0.4, -0.2) is 94.9 Å². The molecule has 1 fully saturated rings. The van der Waals surface area contributed by atoms with Crippen molar-refractivity contribution in [3.8, 4) is 0 Å². The summed E-state index contributed by atoms with van der Waals surface area (Å²) in [7, 11) is 3.48. The largest absolute Gasteiger partial charge is 0.379 e. The number of carbonyl (C=O) groups is 1. The molecule has 8 nitrogen and oxygen atoms in total. The lowest BCUT2D eigenvalue weighted by atomic mass is 10.1. The van der Waals surface area contributed by atoms with Gasteiger partial charge < -0.3 is 25.0 Å². The van der Waals surface area contributed by atoms with Crippen LogP contribution in [0.3, 0.4) is 0 Å². The zero-order valence-corrected chi connectivity index (χ0v) is 18.6. The molecule has 0 saturated carbocycles. The van der Waals surface area contributed by atoms with E-state index in [-0.39, 0.29) is 18.6 Å². The molecular formula is C22H37N5O3. The molecule has 1 aromatic rings. The number of aliphatic imine (C=N–C) groups is 1. The second-order valence-electron chi connectivity index (χ2n) is 7.54. The number of hydrogen-bond donors (Lipinski definition) is 2. The Morgan fingerprint density at radius 3 is 2.60 bits per heavy atom. The molecular weight excluding hydrogens is 382 g/mol. The molecule has 0 aromatic heterocycles. The fourth-order valence-corrected chi connectivity index (χ4v) is 2.98. The monoisotopic (exact) mass is 419 g/mol. The first-order valence-electron chi connectivity index (χ1n) is 10.7. The molecule has 2 rings (SSSR count). The van der Waals surface area contributed by atoms with Gasteiger partial charge in [0.15, 0.2) is 5.96 Å². The van der Waals surface area contributed by atoms with Crippen LogP contribution in [0.2, 0.25) is 0 Å². The number of nitrogens with zero attached hydrogens (tertiary/aromatic N) is 3. The summed E-state index contributed by atoms with van der Waals surface area (Å²) in [4.78, 5) is 20.2.